The zero-order chi connectivity index (χ0) is 18.3. The van der Waals surface area contributed by atoms with Crippen LogP contribution in [0.15, 0.2) is 12.7 Å². The molecule has 142 valence electrons. The Hall–Kier alpha value is -0.653. The van der Waals surface area contributed by atoms with Crippen molar-refractivity contribution in [3.8, 4) is 0 Å². The van der Waals surface area contributed by atoms with E-state index in [1.165, 1.54) is 44.6 Å². The van der Waals surface area contributed by atoms with Crippen LogP contribution in [0, 0.1) is 0 Å². The highest BCUT2D eigenvalue weighted by molar-refractivity contribution is 6.67. The van der Waals surface area contributed by atoms with Crippen LogP contribution in [0.3, 0.4) is 0 Å². The zero-order valence-corrected chi connectivity index (χ0v) is 17.3. The Morgan fingerprint density at radius 2 is 1.54 bits per heavy atom. The molecule has 0 N–H and O–H groups in total. The maximum Gasteiger partial charge on any atom is 0.337 e. The number of ether oxygens (including phenoxy) is 1. The molecule has 0 saturated heterocycles. The molecule has 0 saturated carbocycles. The first-order valence-electron chi connectivity index (χ1n) is 9.47. The molecule has 5 heteroatoms. The van der Waals surface area contributed by atoms with Crippen molar-refractivity contribution in [2.24, 2.45) is 0 Å². The van der Waals surface area contributed by atoms with Gasteiger partial charge in [-0.15, -0.1) is 0 Å². The molecule has 0 rings (SSSR count). The number of esters is 1. The van der Waals surface area contributed by atoms with Crippen LogP contribution in [-0.2, 0) is 18.4 Å². The lowest BCUT2D eigenvalue weighted by Gasteiger charge is -2.27. The minimum atomic E-state index is -1.90. The molecule has 0 fully saturated rings. The lowest BCUT2D eigenvalue weighted by atomic mass is 10.1. The van der Waals surface area contributed by atoms with Crippen molar-refractivity contribution in [3.63, 3.8) is 0 Å². The smallest absolute Gasteiger partial charge is 0.337 e. The van der Waals surface area contributed by atoms with Crippen LogP contribution < -0.4 is 0 Å². The predicted octanol–water partition coefficient (Wildman–Crippen LogP) is 5.37. The van der Waals surface area contributed by atoms with Gasteiger partial charge in [-0.25, -0.2) is 4.79 Å². The van der Waals surface area contributed by atoms with E-state index >= 15 is 0 Å². The maximum atomic E-state index is 11.1. The molecule has 0 aliphatic heterocycles. The van der Waals surface area contributed by atoms with Crippen LogP contribution in [0.1, 0.15) is 71.6 Å². The van der Waals surface area contributed by atoms with Gasteiger partial charge in [0.1, 0.15) is 0 Å². The molecule has 0 aromatic carbocycles. The van der Waals surface area contributed by atoms with Gasteiger partial charge in [0.15, 0.2) is 0 Å². The molecule has 24 heavy (non-hydrogen) atoms. The van der Waals surface area contributed by atoms with Crippen LogP contribution >= 0.6 is 0 Å². The van der Waals surface area contributed by atoms with Crippen molar-refractivity contribution in [2.45, 2.75) is 89.8 Å². The highest BCUT2D eigenvalue weighted by atomic mass is 28.4. The summed E-state index contributed by atoms with van der Waals surface area (Å²) in [5.41, 5.74) is 0. The molecular weight excluding hydrogens is 320 g/mol. The Balaban J connectivity index is 3.57. The summed E-state index contributed by atoms with van der Waals surface area (Å²) in [7, 11) is 1.71. The third kappa shape index (κ3) is 11.0. The molecule has 0 amide bonds. The molecular formula is C19H38O4Si. The molecule has 0 aliphatic carbocycles. The summed E-state index contributed by atoms with van der Waals surface area (Å²) < 4.78 is 16.6. The predicted molar refractivity (Wildman–Crippen MR) is 102 cm³/mol. The van der Waals surface area contributed by atoms with Gasteiger partial charge in [-0.2, -0.15) is 0 Å². The Morgan fingerprint density at radius 1 is 1.00 bits per heavy atom. The van der Waals surface area contributed by atoms with Crippen LogP contribution in [0.25, 0.3) is 0 Å². The summed E-state index contributed by atoms with van der Waals surface area (Å²) in [5.74, 6) is -0.322. The zero-order valence-electron chi connectivity index (χ0n) is 16.3. The van der Waals surface area contributed by atoms with Gasteiger partial charge in [0.05, 0.1) is 6.10 Å². The van der Waals surface area contributed by atoms with E-state index < -0.39 is 8.56 Å². The van der Waals surface area contributed by atoms with Gasteiger partial charge in [0.25, 0.3) is 0 Å². The Bertz CT molecular complexity index is 329. The molecule has 0 aliphatic rings. The first-order chi connectivity index (χ1) is 11.5. The number of carbonyl (C=O) groups excluding carboxylic acids is 1. The van der Waals surface area contributed by atoms with Crippen LogP contribution in [-0.4, -0.2) is 34.9 Å². The third-order valence-corrected chi connectivity index (χ3v) is 8.39. The summed E-state index contributed by atoms with van der Waals surface area (Å²) in [6.07, 6.45) is 11.9. The molecule has 0 aromatic rings. The fraction of sp³-hybridized carbons (Fsp3) is 0.842. The quantitative estimate of drug-likeness (QED) is 0.161. The fourth-order valence-electron chi connectivity index (χ4n) is 3.01. The summed E-state index contributed by atoms with van der Waals surface area (Å²) >= 11 is 0. The number of hydrogen-bond donors (Lipinski definition) is 0. The van der Waals surface area contributed by atoms with Crippen molar-refractivity contribution in [1.82, 2.24) is 0 Å². The number of rotatable bonds is 16. The number of unbranched alkanes of at least 4 members (excludes halogenated alkanes) is 6. The van der Waals surface area contributed by atoms with Crippen LogP contribution in [0.5, 0.6) is 0 Å². The van der Waals surface area contributed by atoms with Crippen molar-refractivity contribution in [3.05, 3.63) is 12.7 Å². The second kappa shape index (κ2) is 14.7. The second-order valence-electron chi connectivity index (χ2n) is 6.53. The average Bonchev–Trinajstić information content (AvgIpc) is 2.59. The van der Waals surface area contributed by atoms with E-state index in [0.717, 1.165) is 31.4 Å². The summed E-state index contributed by atoms with van der Waals surface area (Å²) in [6.45, 7) is 7.54. The van der Waals surface area contributed by atoms with Gasteiger partial charge in [-0.05, 0) is 31.9 Å². The fourth-order valence-corrected chi connectivity index (χ4v) is 5.80. The largest absolute Gasteiger partial charge is 0.460 e. The first-order valence-corrected chi connectivity index (χ1v) is 11.7. The third-order valence-electron chi connectivity index (χ3n) is 4.53. The van der Waals surface area contributed by atoms with Gasteiger partial charge in [-0.3, -0.25) is 0 Å². The minimum absolute atomic E-state index is 0.00441. The SMILES string of the molecule is C=CC(=O)OC(C)CCCCCCCCC[Si](CCC)(OC)OC. The Labute approximate surface area is 150 Å². The second-order valence-corrected chi connectivity index (χ2v) is 10.2. The van der Waals surface area contributed by atoms with E-state index in [1.54, 1.807) is 14.2 Å². The van der Waals surface area contributed by atoms with Gasteiger partial charge in [-0.1, -0.05) is 58.4 Å². The van der Waals surface area contributed by atoms with Crippen molar-refractivity contribution < 1.29 is 18.4 Å². The van der Waals surface area contributed by atoms with Crippen molar-refractivity contribution in [1.29, 1.82) is 0 Å². The maximum absolute atomic E-state index is 11.1. The monoisotopic (exact) mass is 358 g/mol. The highest BCUT2D eigenvalue weighted by Crippen LogP contribution is 2.23. The van der Waals surface area contributed by atoms with Crippen LogP contribution in [0.4, 0.5) is 0 Å². The normalized spacial score (nSPS) is 12.8. The van der Waals surface area contributed by atoms with E-state index in [-0.39, 0.29) is 12.1 Å². The first kappa shape index (κ1) is 23.3. The molecule has 4 nitrogen and oxygen atoms in total. The van der Waals surface area contributed by atoms with Crippen molar-refractivity contribution >= 4 is 14.5 Å². The van der Waals surface area contributed by atoms with Gasteiger partial charge in [0.2, 0.25) is 0 Å². The van der Waals surface area contributed by atoms with E-state index in [0.29, 0.717) is 0 Å². The van der Waals surface area contributed by atoms with Crippen LogP contribution in [0.2, 0.25) is 12.1 Å². The molecule has 1 unspecified atom stereocenters. The molecule has 0 radical (unpaired) electrons. The molecule has 0 heterocycles. The Kier molecular flexibility index (Phi) is 14.3. The summed E-state index contributed by atoms with van der Waals surface area (Å²) in [4.78, 5) is 11.1. The van der Waals surface area contributed by atoms with Gasteiger partial charge >= 0.3 is 14.5 Å². The molecule has 0 spiro atoms. The number of hydrogen-bond acceptors (Lipinski definition) is 4. The lowest BCUT2D eigenvalue weighted by molar-refractivity contribution is -0.142. The summed E-state index contributed by atoms with van der Waals surface area (Å²) in [6, 6.07) is 2.20. The molecule has 1 atom stereocenters. The highest BCUT2D eigenvalue weighted by Gasteiger charge is 2.33. The molecule has 0 bridgehead atoms. The molecule has 0 aromatic heterocycles. The van der Waals surface area contributed by atoms with E-state index in [2.05, 4.69) is 13.5 Å². The number of carbonyl (C=O) groups is 1. The summed E-state index contributed by atoms with van der Waals surface area (Å²) in [5, 5.41) is 0. The van der Waals surface area contributed by atoms with E-state index in [1.807, 2.05) is 6.92 Å². The van der Waals surface area contributed by atoms with E-state index in [9.17, 15) is 4.79 Å². The average molecular weight is 359 g/mol. The topological polar surface area (TPSA) is 44.8 Å². The Morgan fingerprint density at radius 3 is 2.04 bits per heavy atom. The standard InChI is InChI=1S/C19H38O4Si/c1-6-16-24(21-4,22-5)17-14-12-10-8-9-11-13-15-18(3)23-19(20)7-2/h7,18H,2,6,8-17H2,1,3-5H3. The van der Waals surface area contributed by atoms with Gasteiger partial charge in [0, 0.05) is 20.3 Å². The van der Waals surface area contributed by atoms with Gasteiger partial charge < -0.3 is 13.6 Å². The van der Waals surface area contributed by atoms with Crippen molar-refractivity contribution in [2.75, 3.05) is 14.2 Å². The van der Waals surface area contributed by atoms with E-state index in [4.69, 9.17) is 13.6 Å². The minimum Gasteiger partial charge on any atom is -0.460 e. The lowest BCUT2D eigenvalue weighted by Crippen LogP contribution is -2.39.